The number of morpholine rings is 1. The fourth-order valence-electron chi connectivity index (χ4n) is 4.49. The molecule has 1 aromatic carbocycles. The lowest BCUT2D eigenvalue weighted by atomic mass is 9.98. The first kappa shape index (κ1) is 18.8. The molecule has 6 rings (SSSR count). The second kappa shape index (κ2) is 7.35. The second-order valence-electron chi connectivity index (χ2n) is 8.08. The van der Waals surface area contributed by atoms with E-state index in [2.05, 4.69) is 66.7 Å². The van der Waals surface area contributed by atoms with Crippen LogP contribution in [0.2, 0.25) is 0 Å². The minimum atomic E-state index is 0.491. The molecule has 0 unspecified atom stereocenters. The SMILES string of the molecule is Cc1c(-c2ccc3cn[nH]c3c2)cc(-c2cc(N3CCOCC3)cnc2N)c2nccn12. The van der Waals surface area contributed by atoms with Gasteiger partial charge in [0.2, 0.25) is 0 Å². The normalized spacial score (nSPS) is 14.5. The van der Waals surface area contributed by atoms with E-state index in [1.54, 1.807) is 0 Å². The largest absolute Gasteiger partial charge is 0.383 e. The summed E-state index contributed by atoms with van der Waals surface area (Å²) in [5.74, 6) is 0.491. The predicted molar refractivity (Wildman–Crippen MR) is 126 cm³/mol. The maximum atomic E-state index is 6.39. The zero-order valence-corrected chi connectivity index (χ0v) is 17.7. The van der Waals surface area contributed by atoms with Crippen LogP contribution in [0.15, 0.2) is 55.1 Å². The number of hydrogen-bond donors (Lipinski definition) is 2. The summed E-state index contributed by atoms with van der Waals surface area (Å²) in [6, 6.07) is 10.6. The summed E-state index contributed by atoms with van der Waals surface area (Å²) in [7, 11) is 0. The van der Waals surface area contributed by atoms with Gasteiger partial charge in [0.1, 0.15) is 11.5 Å². The van der Waals surface area contributed by atoms with Crippen molar-refractivity contribution in [3.63, 3.8) is 0 Å². The Morgan fingerprint density at radius 2 is 1.88 bits per heavy atom. The van der Waals surface area contributed by atoms with Crippen LogP contribution in [0.3, 0.4) is 0 Å². The van der Waals surface area contributed by atoms with Crippen molar-refractivity contribution in [2.75, 3.05) is 36.9 Å². The van der Waals surface area contributed by atoms with Crippen LogP contribution in [-0.2, 0) is 4.74 Å². The molecule has 5 heterocycles. The van der Waals surface area contributed by atoms with Gasteiger partial charge in [0.05, 0.1) is 36.8 Å². The van der Waals surface area contributed by atoms with Crippen LogP contribution in [0.25, 0.3) is 38.8 Å². The van der Waals surface area contributed by atoms with Gasteiger partial charge in [0.25, 0.3) is 0 Å². The predicted octanol–water partition coefficient (Wildman–Crippen LogP) is 3.67. The Labute approximate surface area is 184 Å². The molecule has 1 aliphatic rings. The number of hydrogen-bond acceptors (Lipinski definition) is 6. The minimum absolute atomic E-state index is 0.491. The van der Waals surface area contributed by atoms with Gasteiger partial charge in [-0.05, 0) is 30.7 Å². The zero-order valence-electron chi connectivity index (χ0n) is 17.7. The monoisotopic (exact) mass is 425 g/mol. The number of nitrogen functional groups attached to an aromatic ring is 1. The summed E-state index contributed by atoms with van der Waals surface area (Å²) < 4.78 is 7.62. The fourth-order valence-corrected chi connectivity index (χ4v) is 4.49. The summed E-state index contributed by atoms with van der Waals surface area (Å²) >= 11 is 0. The van der Waals surface area contributed by atoms with Crippen LogP contribution in [0.1, 0.15) is 5.69 Å². The summed E-state index contributed by atoms with van der Waals surface area (Å²) in [6.45, 7) is 5.22. The Morgan fingerprint density at radius 3 is 2.75 bits per heavy atom. The number of aromatic amines is 1. The Bertz CT molecular complexity index is 1450. The van der Waals surface area contributed by atoms with Crippen molar-refractivity contribution in [3.05, 3.63) is 60.8 Å². The molecule has 5 aromatic rings. The van der Waals surface area contributed by atoms with Crippen LogP contribution in [0.5, 0.6) is 0 Å². The Kier molecular flexibility index (Phi) is 4.32. The highest BCUT2D eigenvalue weighted by Gasteiger charge is 2.19. The van der Waals surface area contributed by atoms with Gasteiger partial charge in [-0.3, -0.25) is 5.10 Å². The van der Waals surface area contributed by atoms with Crippen LogP contribution >= 0.6 is 0 Å². The zero-order chi connectivity index (χ0) is 21.7. The summed E-state index contributed by atoms with van der Waals surface area (Å²) in [4.78, 5) is 11.5. The summed E-state index contributed by atoms with van der Waals surface area (Å²) in [5.41, 5.74) is 14.5. The first-order chi connectivity index (χ1) is 15.7. The number of fused-ring (bicyclic) bond motifs is 2. The highest BCUT2D eigenvalue weighted by atomic mass is 16.5. The Hall–Kier alpha value is -3.91. The number of H-pyrrole nitrogens is 1. The molecule has 1 fully saturated rings. The minimum Gasteiger partial charge on any atom is -0.383 e. The first-order valence-corrected chi connectivity index (χ1v) is 10.7. The molecular weight excluding hydrogens is 402 g/mol. The third-order valence-corrected chi connectivity index (χ3v) is 6.24. The van der Waals surface area contributed by atoms with Crippen LogP contribution < -0.4 is 10.6 Å². The molecule has 1 aliphatic heterocycles. The van der Waals surface area contributed by atoms with E-state index in [1.807, 2.05) is 24.8 Å². The van der Waals surface area contributed by atoms with E-state index >= 15 is 0 Å². The number of benzene rings is 1. The molecule has 4 aromatic heterocycles. The number of nitrogens with zero attached hydrogens (tertiary/aromatic N) is 5. The van der Waals surface area contributed by atoms with Crippen LogP contribution in [0.4, 0.5) is 11.5 Å². The smallest absolute Gasteiger partial charge is 0.144 e. The van der Waals surface area contributed by atoms with Gasteiger partial charge >= 0.3 is 0 Å². The maximum absolute atomic E-state index is 6.39. The van der Waals surface area contributed by atoms with E-state index in [-0.39, 0.29) is 0 Å². The van der Waals surface area contributed by atoms with Gasteiger partial charge in [0.15, 0.2) is 0 Å². The quantitative estimate of drug-likeness (QED) is 0.458. The molecule has 0 amide bonds. The number of pyridine rings is 2. The van der Waals surface area contributed by atoms with Gasteiger partial charge < -0.3 is 19.8 Å². The van der Waals surface area contributed by atoms with Crippen molar-refractivity contribution in [1.82, 2.24) is 24.6 Å². The number of anilines is 2. The molecule has 0 aliphatic carbocycles. The Morgan fingerprint density at radius 1 is 1.00 bits per heavy atom. The topological polar surface area (TPSA) is 97.4 Å². The molecule has 160 valence electrons. The third kappa shape index (κ3) is 2.99. The number of nitrogens with one attached hydrogen (secondary N) is 1. The fraction of sp³-hybridized carbons (Fsp3) is 0.208. The van der Waals surface area contributed by atoms with Gasteiger partial charge in [-0.1, -0.05) is 12.1 Å². The van der Waals surface area contributed by atoms with Crippen molar-refractivity contribution in [2.24, 2.45) is 0 Å². The summed E-state index contributed by atoms with van der Waals surface area (Å²) in [5, 5.41) is 8.30. The standard InChI is InChI=1S/C24H23N7O/c1-15-19(16-2-3-17-13-28-29-22(17)10-16)12-21(24-26-4-5-31(15)24)20-11-18(14-27-23(20)25)30-6-8-32-9-7-30/h2-5,10-14H,6-9H2,1H3,(H2,25,27)(H,28,29). The van der Waals surface area contributed by atoms with Crippen molar-refractivity contribution in [2.45, 2.75) is 6.92 Å². The van der Waals surface area contributed by atoms with Crippen molar-refractivity contribution >= 4 is 28.1 Å². The lowest BCUT2D eigenvalue weighted by molar-refractivity contribution is 0.122. The number of rotatable bonds is 3. The molecule has 0 saturated carbocycles. The number of aryl methyl sites for hydroxylation is 1. The highest BCUT2D eigenvalue weighted by Crippen LogP contribution is 2.36. The maximum Gasteiger partial charge on any atom is 0.144 e. The summed E-state index contributed by atoms with van der Waals surface area (Å²) in [6.07, 6.45) is 7.49. The van der Waals surface area contributed by atoms with Gasteiger partial charge in [-0.25, -0.2) is 9.97 Å². The molecule has 32 heavy (non-hydrogen) atoms. The molecule has 8 nitrogen and oxygen atoms in total. The van der Waals surface area contributed by atoms with E-state index < -0.39 is 0 Å². The number of nitrogens with two attached hydrogens (primary N) is 1. The molecule has 0 spiro atoms. The van der Waals surface area contributed by atoms with Crippen molar-refractivity contribution in [3.8, 4) is 22.3 Å². The number of ether oxygens (including phenoxy) is 1. The van der Waals surface area contributed by atoms with Gasteiger partial charge in [0, 0.05) is 53.3 Å². The molecule has 3 N–H and O–H groups in total. The first-order valence-electron chi connectivity index (χ1n) is 10.7. The van der Waals surface area contributed by atoms with Crippen molar-refractivity contribution in [1.29, 1.82) is 0 Å². The van der Waals surface area contributed by atoms with Crippen LogP contribution in [-0.4, -0.2) is 50.9 Å². The van der Waals surface area contributed by atoms with Gasteiger partial charge in [-0.15, -0.1) is 0 Å². The molecule has 8 heteroatoms. The van der Waals surface area contributed by atoms with E-state index in [0.29, 0.717) is 5.82 Å². The highest BCUT2D eigenvalue weighted by molar-refractivity contribution is 5.91. The van der Waals surface area contributed by atoms with E-state index in [0.717, 1.165) is 76.5 Å². The van der Waals surface area contributed by atoms with Gasteiger partial charge in [-0.2, -0.15) is 5.10 Å². The van der Waals surface area contributed by atoms with E-state index in [9.17, 15) is 0 Å². The molecule has 0 atom stereocenters. The molecule has 1 saturated heterocycles. The molecule has 0 radical (unpaired) electrons. The Balaban J connectivity index is 1.55. The van der Waals surface area contributed by atoms with E-state index in [4.69, 9.17) is 10.5 Å². The van der Waals surface area contributed by atoms with E-state index in [1.165, 1.54) is 0 Å². The van der Waals surface area contributed by atoms with Crippen molar-refractivity contribution < 1.29 is 4.74 Å². The number of imidazole rings is 1. The average Bonchev–Trinajstić information content (AvgIpc) is 3.50. The number of aromatic nitrogens is 5. The lowest BCUT2D eigenvalue weighted by Crippen LogP contribution is -2.36. The average molecular weight is 425 g/mol. The lowest BCUT2D eigenvalue weighted by Gasteiger charge is -2.29. The third-order valence-electron chi connectivity index (χ3n) is 6.24. The second-order valence-corrected chi connectivity index (χ2v) is 8.08. The molecular formula is C24H23N7O. The molecule has 0 bridgehead atoms. The van der Waals surface area contributed by atoms with Crippen LogP contribution in [0, 0.1) is 6.92 Å².